The monoisotopic (exact) mass is 246 g/mol. The Hall–Kier alpha value is -1.81. The highest BCUT2D eigenvalue weighted by Crippen LogP contribution is 2.25. The minimum absolute atomic E-state index is 0.159. The molecule has 0 saturated carbocycles. The van der Waals surface area contributed by atoms with Crippen LogP contribution in [-0.4, -0.2) is 19.1 Å². The van der Waals surface area contributed by atoms with E-state index in [9.17, 15) is 0 Å². The molecule has 2 aromatic heterocycles. The molecule has 0 spiro atoms. The molecule has 0 saturated heterocycles. The van der Waals surface area contributed by atoms with E-state index in [2.05, 4.69) is 10.3 Å². The van der Waals surface area contributed by atoms with Crippen molar-refractivity contribution in [2.24, 2.45) is 0 Å². The second-order valence-corrected chi connectivity index (χ2v) is 4.05. The van der Waals surface area contributed by atoms with Crippen molar-refractivity contribution >= 4 is 0 Å². The van der Waals surface area contributed by atoms with Gasteiger partial charge < -0.3 is 14.5 Å². The molecule has 0 aromatic carbocycles. The van der Waals surface area contributed by atoms with Crippen LogP contribution in [0.1, 0.15) is 23.9 Å². The Balaban J connectivity index is 2.08. The van der Waals surface area contributed by atoms with Gasteiger partial charge in [0.2, 0.25) is 0 Å². The Morgan fingerprint density at radius 2 is 2.28 bits per heavy atom. The zero-order chi connectivity index (χ0) is 12.8. The smallest absolute Gasteiger partial charge is 0.141 e. The first kappa shape index (κ1) is 12.6. The Kier molecular flexibility index (Phi) is 4.36. The summed E-state index contributed by atoms with van der Waals surface area (Å²) in [5.74, 6) is 1.81. The molecule has 1 N–H and O–H groups in total. The first-order valence-electron chi connectivity index (χ1n) is 6.03. The summed E-state index contributed by atoms with van der Waals surface area (Å²) in [4.78, 5) is 4.40. The van der Waals surface area contributed by atoms with Crippen LogP contribution >= 0.6 is 0 Å². The largest absolute Gasteiger partial charge is 0.495 e. The molecule has 0 bridgehead atoms. The third-order valence-electron chi connectivity index (χ3n) is 2.96. The Morgan fingerprint density at radius 3 is 2.94 bits per heavy atom. The van der Waals surface area contributed by atoms with Crippen LogP contribution < -0.4 is 10.1 Å². The van der Waals surface area contributed by atoms with E-state index in [0.29, 0.717) is 0 Å². The molecule has 0 fully saturated rings. The summed E-state index contributed by atoms with van der Waals surface area (Å²) in [5, 5.41) is 3.27. The van der Waals surface area contributed by atoms with E-state index in [1.165, 1.54) is 0 Å². The maximum absolute atomic E-state index is 5.34. The molecule has 18 heavy (non-hydrogen) atoms. The lowest BCUT2D eigenvalue weighted by atomic mass is 10.1. The number of nitrogens with zero attached hydrogens (tertiary/aromatic N) is 1. The summed E-state index contributed by atoms with van der Waals surface area (Å²) in [6, 6.07) is 7.86. The van der Waals surface area contributed by atoms with Crippen molar-refractivity contribution in [3.8, 4) is 5.75 Å². The van der Waals surface area contributed by atoms with E-state index in [1.54, 1.807) is 19.6 Å². The molecular formula is C14H18N2O2. The fourth-order valence-corrected chi connectivity index (χ4v) is 2.00. The summed E-state index contributed by atoms with van der Waals surface area (Å²) >= 11 is 0. The predicted octanol–water partition coefficient (Wildman–Crippen LogP) is 2.58. The summed E-state index contributed by atoms with van der Waals surface area (Å²) in [7, 11) is 3.60. The topological polar surface area (TPSA) is 47.3 Å². The van der Waals surface area contributed by atoms with Gasteiger partial charge in [0.1, 0.15) is 11.5 Å². The fraction of sp³-hybridized carbons (Fsp3) is 0.357. The maximum Gasteiger partial charge on any atom is 0.141 e. The molecule has 0 radical (unpaired) electrons. The van der Waals surface area contributed by atoms with Gasteiger partial charge >= 0.3 is 0 Å². The number of aromatic nitrogens is 1. The minimum atomic E-state index is 0.159. The number of hydrogen-bond acceptors (Lipinski definition) is 4. The second-order valence-electron chi connectivity index (χ2n) is 4.05. The number of aryl methyl sites for hydroxylation is 1. The first-order chi connectivity index (χ1) is 8.85. The van der Waals surface area contributed by atoms with Gasteiger partial charge in [0, 0.05) is 12.6 Å². The van der Waals surface area contributed by atoms with Crippen molar-refractivity contribution in [3.63, 3.8) is 0 Å². The highest BCUT2D eigenvalue weighted by Gasteiger charge is 2.15. The molecular weight excluding hydrogens is 228 g/mol. The summed E-state index contributed by atoms with van der Waals surface area (Å²) in [6.45, 7) is 0. The predicted molar refractivity (Wildman–Crippen MR) is 69.6 cm³/mol. The molecule has 96 valence electrons. The van der Waals surface area contributed by atoms with Gasteiger partial charge in [-0.1, -0.05) is 0 Å². The normalized spacial score (nSPS) is 12.3. The van der Waals surface area contributed by atoms with Gasteiger partial charge in [-0.15, -0.1) is 0 Å². The highest BCUT2D eigenvalue weighted by molar-refractivity contribution is 5.29. The number of furan rings is 1. The van der Waals surface area contributed by atoms with E-state index in [4.69, 9.17) is 9.15 Å². The van der Waals surface area contributed by atoms with Crippen molar-refractivity contribution in [2.45, 2.75) is 18.9 Å². The number of rotatable bonds is 6. The molecule has 1 atom stereocenters. The standard InChI is InChI=1S/C14H18N2O2/c1-15-12(8-7-11-5-4-10-18-11)14-13(17-2)6-3-9-16-14/h3-6,9-10,12,15H,7-8H2,1-2H3. The third-order valence-corrected chi connectivity index (χ3v) is 2.96. The highest BCUT2D eigenvalue weighted by atomic mass is 16.5. The van der Waals surface area contributed by atoms with Crippen molar-refractivity contribution < 1.29 is 9.15 Å². The number of nitrogens with one attached hydrogen (secondary N) is 1. The number of pyridine rings is 1. The first-order valence-corrected chi connectivity index (χ1v) is 6.03. The van der Waals surface area contributed by atoms with Gasteiger partial charge in [-0.3, -0.25) is 4.98 Å². The quantitative estimate of drug-likeness (QED) is 0.851. The van der Waals surface area contributed by atoms with Crippen LogP contribution in [0.2, 0.25) is 0 Å². The molecule has 0 aliphatic rings. The number of methoxy groups -OCH3 is 1. The molecule has 0 amide bonds. The summed E-state index contributed by atoms with van der Waals surface area (Å²) in [6.07, 6.45) is 5.27. The SMILES string of the molecule is CNC(CCc1ccco1)c1ncccc1OC. The molecule has 2 rings (SSSR count). The van der Waals surface area contributed by atoms with Gasteiger partial charge in [-0.05, 0) is 37.7 Å². The Labute approximate surface area is 107 Å². The van der Waals surface area contributed by atoms with Crippen molar-refractivity contribution in [2.75, 3.05) is 14.2 Å². The van der Waals surface area contributed by atoms with Crippen LogP contribution in [0.25, 0.3) is 0 Å². The zero-order valence-corrected chi connectivity index (χ0v) is 10.7. The van der Waals surface area contributed by atoms with Crippen LogP contribution in [0.3, 0.4) is 0 Å². The van der Waals surface area contributed by atoms with Gasteiger partial charge in [-0.2, -0.15) is 0 Å². The molecule has 0 aliphatic carbocycles. The molecule has 2 aromatic rings. The maximum atomic E-state index is 5.34. The van der Waals surface area contributed by atoms with Crippen molar-refractivity contribution in [3.05, 3.63) is 48.2 Å². The van der Waals surface area contributed by atoms with E-state index < -0.39 is 0 Å². The van der Waals surface area contributed by atoms with Crippen molar-refractivity contribution in [1.82, 2.24) is 10.3 Å². The van der Waals surface area contributed by atoms with Crippen LogP contribution in [-0.2, 0) is 6.42 Å². The van der Waals surface area contributed by atoms with Gasteiger partial charge in [0.15, 0.2) is 0 Å². The Morgan fingerprint density at radius 1 is 1.39 bits per heavy atom. The lowest BCUT2D eigenvalue weighted by Crippen LogP contribution is -2.19. The molecule has 4 nitrogen and oxygen atoms in total. The summed E-state index contributed by atoms with van der Waals surface area (Å²) in [5.41, 5.74) is 0.939. The Bertz CT molecular complexity index is 468. The average Bonchev–Trinajstić information content (AvgIpc) is 2.93. The van der Waals surface area contributed by atoms with E-state index in [0.717, 1.165) is 30.0 Å². The molecule has 4 heteroatoms. The van der Waals surface area contributed by atoms with Crippen LogP contribution in [0, 0.1) is 0 Å². The lowest BCUT2D eigenvalue weighted by Gasteiger charge is -2.17. The van der Waals surface area contributed by atoms with E-state index in [1.807, 2.05) is 31.3 Å². The van der Waals surface area contributed by atoms with Gasteiger partial charge in [0.05, 0.1) is 25.1 Å². The van der Waals surface area contributed by atoms with Crippen LogP contribution in [0.4, 0.5) is 0 Å². The van der Waals surface area contributed by atoms with Crippen LogP contribution in [0.5, 0.6) is 5.75 Å². The zero-order valence-electron chi connectivity index (χ0n) is 10.7. The molecule has 0 aliphatic heterocycles. The number of ether oxygens (including phenoxy) is 1. The van der Waals surface area contributed by atoms with Crippen LogP contribution in [0.15, 0.2) is 41.1 Å². The lowest BCUT2D eigenvalue weighted by molar-refractivity contribution is 0.390. The second kappa shape index (κ2) is 6.21. The minimum Gasteiger partial charge on any atom is -0.495 e. The summed E-state index contributed by atoms with van der Waals surface area (Å²) < 4.78 is 10.7. The van der Waals surface area contributed by atoms with E-state index >= 15 is 0 Å². The van der Waals surface area contributed by atoms with E-state index in [-0.39, 0.29) is 6.04 Å². The fourth-order valence-electron chi connectivity index (χ4n) is 2.00. The van der Waals surface area contributed by atoms with Gasteiger partial charge in [-0.25, -0.2) is 0 Å². The molecule has 2 heterocycles. The van der Waals surface area contributed by atoms with Crippen molar-refractivity contribution in [1.29, 1.82) is 0 Å². The van der Waals surface area contributed by atoms with Gasteiger partial charge in [0.25, 0.3) is 0 Å². The number of hydrogen-bond donors (Lipinski definition) is 1. The third kappa shape index (κ3) is 2.90. The molecule has 1 unspecified atom stereocenters. The average molecular weight is 246 g/mol.